The van der Waals surface area contributed by atoms with Gasteiger partial charge in [0.2, 0.25) is 0 Å². The van der Waals surface area contributed by atoms with Gasteiger partial charge in [0, 0.05) is 30.0 Å². The highest BCUT2D eigenvalue weighted by Gasteiger charge is 2.09. The highest BCUT2D eigenvalue weighted by atomic mass is 32.2. The highest BCUT2D eigenvalue weighted by molar-refractivity contribution is 7.98. The van der Waals surface area contributed by atoms with Crippen LogP contribution in [-0.4, -0.2) is 14.5 Å². The number of hydrogen-bond donors (Lipinski definition) is 1. The molecule has 0 unspecified atom stereocenters. The van der Waals surface area contributed by atoms with E-state index >= 15 is 0 Å². The molecule has 0 aliphatic carbocycles. The Hall–Kier alpha value is -2.27. The summed E-state index contributed by atoms with van der Waals surface area (Å²) in [5.74, 6) is 1.70. The number of rotatable bonds is 4. The number of pyridine rings is 1. The number of hydrogen-bond acceptors (Lipinski definition) is 4. The van der Waals surface area contributed by atoms with Crippen molar-refractivity contribution in [3.8, 4) is 5.82 Å². The van der Waals surface area contributed by atoms with Crippen molar-refractivity contribution in [2.24, 2.45) is 0 Å². The topological polar surface area (TPSA) is 56.7 Å². The van der Waals surface area contributed by atoms with Crippen molar-refractivity contribution in [2.75, 3.05) is 5.73 Å². The summed E-state index contributed by atoms with van der Waals surface area (Å²) in [5, 5.41) is 0.917. The second-order valence-corrected chi connectivity index (χ2v) is 5.65. The van der Waals surface area contributed by atoms with Crippen LogP contribution < -0.4 is 5.73 Å². The standard InChI is InChI=1S/C16H16N4S/c1-12-5-4-8-18-15(12)20-10-9-19-16(20)21-11-13-6-2-3-7-14(13)17/h2-10H,11,17H2,1H3. The molecule has 0 saturated heterocycles. The molecule has 0 radical (unpaired) electrons. The van der Waals surface area contributed by atoms with Crippen LogP contribution in [0.5, 0.6) is 0 Å². The zero-order valence-electron chi connectivity index (χ0n) is 11.7. The van der Waals surface area contributed by atoms with Gasteiger partial charge in [-0.05, 0) is 30.2 Å². The van der Waals surface area contributed by atoms with Crippen LogP contribution in [0.1, 0.15) is 11.1 Å². The monoisotopic (exact) mass is 296 g/mol. The number of benzene rings is 1. The van der Waals surface area contributed by atoms with Crippen LogP contribution in [0.25, 0.3) is 5.82 Å². The number of aryl methyl sites for hydroxylation is 1. The van der Waals surface area contributed by atoms with E-state index in [2.05, 4.69) is 9.97 Å². The van der Waals surface area contributed by atoms with Gasteiger partial charge in [-0.3, -0.25) is 4.57 Å². The molecule has 0 fully saturated rings. The van der Waals surface area contributed by atoms with Gasteiger partial charge in [-0.15, -0.1) is 0 Å². The fraction of sp³-hybridized carbons (Fsp3) is 0.125. The predicted octanol–water partition coefficient (Wildman–Crippen LogP) is 3.45. The van der Waals surface area contributed by atoms with E-state index in [1.54, 1.807) is 24.2 Å². The molecule has 0 aliphatic heterocycles. The average Bonchev–Trinajstić information content (AvgIpc) is 2.95. The average molecular weight is 296 g/mol. The molecule has 0 amide bonds. The molecule has 5 heteroatoms. The first-order valence-corrected chi connectivity index (χ1v) is 7.66. The number of imidazole rings is 1. The summed E-state index contributed by atoms with van der Waals surface area (Å²) in [6, 6.07) is 11.9. The summed E-state index contributed by atoms with van der Waals surface area (Å²) in [7, 11) is 0. The smallest absolute Gasteiger partial charge is 0.174 e. The van der Waals surface area contributed by atoms with Gasteiger partial charge >= 0.3 is 0 Å². The van der Waals surface area contributed by atoms with E-state index in [9.17, 15) is 0 Å². The Morgan fingerprint density at radius 3 is 2.76 bits per heavy atom. The van der Waals surface area contributed by atoms with Crippen LogP contribution in [0.15, 0.2) is 60.1 Å². The Bertz CT molecular complexity index is 751. The van der Waals surface area contributed by atoms with Crippen LogP contribution in [0.4, 0.5) is 5.69 Å². The lowest BCUT2D eigenvalue weighted by molar-refractivity contribution is 0.854. The molecule has 2 aromatic heterocycles. The molecule has 4 nitrogen and oxygen atoms in total. The second-order valence-electron chi connectivity index (χ2n) is 4.71. The van der Waals surface area contributed by atoms with Crippen molar-refractivity contribution in [3.05, 3.63) is 66.1 Å². The number of para-hydroxylation sites is 1. The van der Waals surface area contributed by atoms with Crippen LogP contribution in [0.3, 0.4) is 0 Å². The number of anilines is 1. The first-order valence-electron chi connectivity index (χ1n) is 6.67. The Morgan fingerprint density at radius 1 is 1.10 bits per heavy atom. The molecule has 0 atom stereocenters. The van der Waals surface area contributed by atoms with E-state index in [0.29, 0.717) is 0 Å². The first kappa shape index (κ1) is 13.7. The third kappa shape index (κ3) is 2.92. The van der Waals surface area contributed by atoms with Crippen molar-refractivity contribution in [2.45, 2.75) is 17.8 Å². The minimum absolute atomic E-state index is 0.787. The van der Waals surface area contributed by atoms with Crippen molar-refractivity contribution in [1.82, 2.24) is 14.5 Å². The molecule has 0 spiro atoms. The van der Waals surface area contributed by atoms with E-state index in [4.69, 9.17) is 5.73 Å². The molecule has 106 valence electrons. The lowest BCUT2D eigenvalue weighted by atomic mass is 10.2. The lowest BCUT2D eigenvalue weighted by Crippen LogP contribution is -2.01. The van der Waals surface area contributed by atoms with Gasteiger partial charge < -0.3 is 5.73 Å². The third-order valence-corrected chi connectivity index (χ3v) is 4.24. The number of thioether (sulfide) groups is 1. The normalized spacial score (nSPS) is 10.7. The van der Waals surface area contributed by atoms with E-state index in [0.717, 1.165) is 33.5 Å². The Kier molecular flexibility index (Phi) is 3.92. The highest BCUT2D eigenvalue weighted by Crippen LogP contribution is 2.26. The number of nitrogens with two attached hydrogens (primary N) is 1. The maximum atomic E-state index is 5.98. The summed E-state index contributed by atoms with van der Waals surface area (Å²) < 4.78 is 2.01. The summed E-state index contributed by atoms with van der Waals surface area (Å²) in [6.45, 7) is 2.05. The van der Waals surface area contributed by atoms with Gasteiger partial charge in [-0.25, -0.2) is 9.97 Å². The van der Waals surface area contributed by atoms with Gasteiger partial charge in [0.1, 0.15) is 5.82 Å². The molecule has 2 heterocycles. The molecule has 2 N–H and O–H groups in total. The fourth-order valence-electron chi connectivity index (χ4n) is 2.10. The van der Waals surface area contributed by atoms with E-state index < -0.39 is 0 Å². The van der Waals surface area contributed by atoms with Gasteiger partial charge in [-0.1, -0.05) is 36.0 Å². The number of nitrogen functional groups attached to an aromatic ring is 1. The molecule has 21 heavy (non-hydrogen) atoms. The van der Waals surface area contributed by atoms with Gasteiger partial charge in [0.15, 0.2) is 5.16 Å². The quantitative estimate of drug-likeness (QED) is 0.592. The van der Waals surface area contributed by atoms with Gasteiger partial charge in [0.25, 0.3) is 0 Å². The fourth-order valence-corrected chi connectivity index (χ4v) is 3.06. The Morgan fingerprint density at radius 2 is 1.95 bits per heavy atom. The maximum Gasteiger partial charge on any atom is 0.174 e. The molecular weight excluding hydrogens is 280 g/mol. The number of aromatic nitrogens is 3. The third-order valence-electron chi connectivity index (χ3n) is 3.23. The molecule has 0 bridgehead atoms. The molecular formula is C16H16N4S. The van der Waals surface area contributed by atoms with Crippen molar-refractivity contribution in [3.63, 3.8) is 0 Å². The van der Waals surface area contributed by atoms with E-state index in [1.165, 1.54) is 0 Å². The molecule has 0 aliphatic rings. The largest absolute Gasteiger partial charge is 0.398 e. The maximum absolute atomic E-state index is 5.98. The van der Waals surface area contributed by atoms with Gasteiger partial charge in [0.05, 0.1) is 0 Å². The Labute approximate surface area is 128 Å². The van der Waals surface area contributed by atoms with Crippen molar-refractivity contribution in [1.29, 1.82) is 0 Å². The second kappa shape index (κ2) is 6.01. The van der Waals surface area contributed by atoms with E-state index in [1.807, 2.05) is 54.1 Å². The van der Waals surface area contributed by atoms with Crippen molar-refractivity contribution >= 4 is 17.4 Å². The van der Waals surface area contributed by atoms with Crippen molar-refractivity contribution < 1.29 is 0 Å². The molecule has 0 saturated carbocycles. The molecule has 3 aromatic rings. The summed E-state index contributed by atoms with van der Waals surface area (Å²) in [6.07, 6.45) is 5.53. The van der Waals surface area contributed by atoms with Crippen LogP contribution in [-0.2, 0) is 5.75 Å². The predicted molar refractivity (Wildman–Crippen MR) is 86.5 cm³/mol. The zero-order valence-corrected chi connectivity index (χ0v) is 12.5. The van der Waals surface area contributed by atoms with E-state index in [-0.39, 0.29) is 0 Å². The minimum atomic E-state index is 0.787. The lowest BCUT2D eigenvalue weighted by Gasteiger charge is -2.09. The van der Waals surface area contributed by atoms with Gasteiger partial charge in [-0.2, -0.15) is 0 Å². The molecule has 3 rings (SSSR count). The molecule has 1 aromatic carbocycles. The summed E-state index contributed by atoms with van der Waals surface area (Å²) >= 11 is 1.66. The Balaban J connectivity index is 1.84. The van der Waals surface area contributed by atoms with Crippen LogP contribution in [0, 0.1) is 6.92 Å². The summed E-state index contributed by atoms with van der Waals surface area (Å²) in [4.78, 5) is 8.86. The summed E-state index contributed by atoms with van der Waals surface area (Å²) in [5.41, 5.74) is 9.04. The van der Waals surface area contributed by atoms with Crippen LogP contribution in [0.2, 0.25) is 0 Å². The zero-order chi connectivity index (χ0) is 14.7. The number of nitrogens with zero attached hydrogens (tertiary/aromatic N) is 3. The van der Waals surface area contributed by atoms with Crippen LogP contribution >= 0.6 is 11.8 Å². The first-order chi connectivity index (χ1) is 10.3. The SMILES string of the molecule is Cc1cccnc1-n1ccnc1SCc1ccccc1N. The minimum Gasteiger partial charge on any atom is -0.398 e.